The number of hydrogen-bond donors (Lipinski definition) is 1. The number of methoxy groups -OCH3 is 6. The van der Waals surface area contributed by atoms with Crippen molar-refractivity contribution in [3.63, 3.8) is 0 Å². The number of fused-ring (bicyclic) bond motifs is 8. The van der Waals surface area contributed by atoms with E-state index in [-0.39, 0.29) is 30.3 Å². The number of ether oxygens (including phenoxy) is 9. The van der Waals surface area contributed by atoms with Crippen molar-refractivity contribution in [3.05, 3.63) is 93.0 Å². The molecule has 0 unspecified atom stereocenters. The molecule has 0 amide bonds. The van der Waals surface area contributed by atoms with Crippen LogP contribution >= 0.6 is 15.9 Å². The molecule has 2 atom stereocenters. The highest BCUT2D eigenvalue weighted by atomic mass is 79.9. The number of rotatable bonds is 12. The van der Waals surface area contributed by atoms with E-state index in [1.807, 2.05) is 30.3 Å². The molecule has 340 valence electrons. The maximum atomic E-state index is 11.7. The number of hydrogen-bond acceptors (Lipinski definition) is 14. The largest absolute Gasteiger partial charge is 0.504 e. The van der Waals surface area contributed by atoms with Gasteiger partial charge in [-0.05, 0) is 109 Å². The van der Waals surface area contributed by atoms with Gasteiger partial charge in [-0.15, -0.1) is 0 Å². The highest BCUT2D eigenvalue weighted by molar-refractivity contribution is 9.09. The summed E-state index contributed by atoms with van der Waals surface area (Å²) < 4.78 is 48.3. The molecule has 14 nitrogen and oxygen atoms in total. The summed E-state index contributed by atoms with van der Waals surface area (Å²) in [5, 5.41) is 10.4. The summed E-state index contributed by atoms with van der Waals surface area (Å²) in [6, 6.07) is 16.7. The lowest BCUT2D eigenvalue weighted by Gasteiger charge is -2.42. The van der Waals surface area contributed by atoms with E-state index < -0.39 is 0 Å². The Labute approximate surface area is 378 Å². The zero-order chi connectivity index (χ0) is 45.2. The molecule has 4 aromatic carbocycles. The third kappa shape index (κ3) is 10.4. The third-order valence-corrected chi connectivity index (χ3v) is 12.4. The molecule has 4 aliphatic rings. The zero-order valence-electron chi connectivity index (χ0n) is 37.5. The maximum absolute atomic E-state index is 11.7. The number of phenols is 1. The predicted molar refractivity (Wildman–Crippen MR) is 240 cm³/mol. The van der Waals surface area contributed by atoms with Gasteiger partial charge in [0.25, 0.3) is 0 Å². The summed E-state index contributed by atoms with van der Waals surface area (Å²) in [6.45, 7) is 7.76. The second-order valence-corrected chi connectivity index (χ2v) is 15.8. The quantitative estimate of drug-likeness (QED) is 0.112. The Bertz CT molecular complexity index is 2250. The molecule has 0 aromatic heterocycles. The molecular formula is C48H59BrN2O12. The highest BCUT2D eigenvalue weighted by Crippen LogP contribution is 2.47. The van der Waals surface area contributed by atoms with Gasteiger partial charge in [-0.3, -0.25) is 14.6 Å². The molecule has 1 N–H and O–H groups in total. The van der Waals surface area contributed by atoms with E-state index in [2.05, 4.69) is 48.7 Å². The molecule has 4 heterocycles. The number of alkyl halides is 1. The average Bonchev–Trinajstić information content (AvgIpc) is 3.31. The lowest BCUT2D eigenvalue weighted by Crippen LogP contribution is -2.39. The van der Waals surface area contributed by atoms with Gasteiger partial charge in [-0.1, -0.05) is 28.1 Å². The van der Waals surface area contributed by atoms with Crippen molar-refractivity contribution in [1.82, 2.24) is 9.80 Å². The highest BCUT2D eigenvalue weighted by Gasteiger charge is 2.36. The molecule has 4 aliphatic heterocycles. The Hall–Kier alpha value is -5.38. The Morgan fingerprint density at radius 1 is 0.603 bits per heavy atom. The van der Waals surface area contributed by atoms with Crippen molar-refractivity contribution in [3.8, 4) is 46.0 Å². The van der Waals surface area contributed by atoms with Gasteiger partial charge in [-0.2, -0.15) is 0 Å². The van der Waals surface area contributed by atoms with Crippen LogP contribution in [0.25, 0.3) is 0 Å². The molecule has 0 bridgehead atoms. The van der Waals surface area contributed by atoms with Gasteiger partial charge in [-0.25, -0.2) is 4.79 Å². The van der Waals surface area contributed by atoms with Crippen LogP contribution in [0.2, 0.25) is 0 Å². The van der Waals surface area contributed by atoms with Gasteiger partial charge in [0.05, 0.1) is 55.9 Å². The number of halogens is 1. The van der Waals surface area contributed by atoms with Crippen molar-refractivity contribution in [2.45, 2.75) is 64.7 Å². The van der Waals surface area contributed by atoms with Gasteiger partial charge in [0, 0.05) is 49.4 Å². The summed E-state index contributed by atoms with van der Waals surface area (Å²) in [5.41, 5.74) is 9.91. The first-order valence-electron chi connectivity index (χ1n) is 21.1. The van der Waals surface area contributed by atoms with Crippen LogP contribution in [0.15, 0.2) is 48.5 Å². The van der Waals surface area contributed by atoms with E-state index in [0.717, 1.165) is 74.9 Å². The maximum Gasteiger partial charge on any atom is 0.344 e. The molecule has 15 heteroatoms. The van der Waals surface area contributed by atoms with Crippen LogP contribution in [-0.2, 0) is 57.8 Å². The van der Waals surface area contributed by atoms with Crippen LogP contribution in [0, 0.1) is 0 Å². The summed E-state index contributed by atoms with van der Waals surface area (Å²) in [5.74, 6) is 4.58. The van der Waals surface area contributed by atoms with Crippen molar-refractivity contribution in [2.75, 3.05) is 80.9 Å². The van der Waals surface area contributed by atoms with Crippen LogP contribution in [0.5, 0.6) is 46.0 Å². The minimum Gasteiger partial charge on any atom is -0.504 e. The van der Waals surface area contributed by atoms with Crippen molar-refractivity contribution in [1.29, 1.82) is 0 Å². The van der Waals surface area contributed by atoms with E-state index in [0.29, 0.717) is 41.8 Å². The number of carbonyl (C=O) groups excluding carboxylic acids is 2. The van der Waals surface area contributed by atoms with E-state index in [4.69, 9.17) is 37.9 Å². The fourth-order valence-corrected chi connectivity index (χ4v) is 9.14. The first kappa shape index (κ1) is 47.1. The monoisotopic (exact) mass is 934 g/mol. The van der Waals surface area contributed by atoms with E-state index in [9.17, 15) is 14.7 Å². The van der Waals surface area contributed by atoms with Crippen LogP contribution in [-0.4, -0.2) is 108 Å². The smallest absolute Gasteiger partial charge is 0.344 e. The number of phenolic OH excluding ortho intramolecular Hbond substituents is 1. The first-order chi connectivity index (χ1) is 30.6. The summed E-state index contributed by atoms with van der Waals surface area (Å²) in [7, 11) is 9.94. The standard InChI is InChI=1S/C24H29NO6.C20H23NO4.C4H7BrO2/c1-5-30-23(26)14-31-22-11-16-8-9-25-13-18-15(6-7-20(27-2)24(18)29-4)10-19(25)17(16)12-21(22)28-3;1-23-18-5-4-12-8-16-14-10-19(24-2)17(22)9-13(14)6-7-21(16)11-15(12)20(18)25-3;1-2-7-4(6)3-5/h6-7,11-12,19H,5,8-10,13-14H2,1-4H3;4-5,9-10,16,22H,6-8,11H2,1-3H3;2-3H2,1H3/t19-;16-;/m11./s1. The minimum atomic E-state index is -0.387. The number of nitrogens with zero attached hydrogens (tertiary/aromatic N) is 2. The molecule has 0 saturated heterocycles. The van der Waals surface area contributed by atoms with Crippen molar-refractivity contribution in [2.24, 2.45) is 0 Å². The SMILES string of the molecule is CCOC(=O)CBr.CCOC(=O)COc1cc2c(cc1OC)[C@H]1Cc3ccc(OC)c(OC)c3CN1CC2.COc1cc2c(cc1O)CCN1Cc3c(ccc(OC)c3OC)C[C@H]21. The lowest BCUT2D eigenvalue weighted by molar-refractivity contribution is -0.145. The summed E-state index contributed by atoms with van der Waals surface area (Å²) >= 11 is 2.94. The van der Waals surface area contributed by atoms with E-state index in [1.165, 1.54) is 44.5 Å². The molecule has 0 aliphatic carbocycles. The van der Waals surface area contributed by atoms with Crippen LogP contribution in [0.1, 0.15) is 70.4 Å². The van der Waals surface area contributed by atoms with Gasteiger partial charge in [0.2, 0.25) is 0 Å². The molecule has 8 rings (SSSR count). The average molecular weight is 936 g/mol. The molecule has 4 aromatic rings. The van der Waals surface area contributed by atoms with Gasteiger partial charge >= 0.3 is 11.9 Å². The normalized spacial score (nSPS) is 16.8. The second-order valence-electron chi connectivity index (χ2n) is 15.2. The zero-order valence-corrected chi connectivity index (χ0v) is 39.1. The Kier molecular flexibility index (Phi) is 16.3. The van der Waals surface area contributed by atoms with Gasteiger partial charge < -0.3 is 47.7 Å². The molecule has 63 heavy (non-hydrogen) atoms. The summed E-state index contributed by atoms with van der Waals surface area (Å²) in [4.78, 5) is 26.8. The number of carbonyl (C=O) groups is 2. The topological polar surface area (TPSA) is 144 Å². The number of esters is 2. The van der Waals surface area contributed by atoms with Crippen LogP contribution in [0.3, 0.4) is 0 Å². The number of benzene rings is 4. The predicted octanol–water partition coefficient (Wildman–Crippen LogP) is 7.33. The molecule has 0 spiro atoms. The fraction of sp³-hybridized carbons (Fsp3) is 0.458. The molecular weight excluding hydrogens is 876 g/mol. The van der Waals surface area contributed by atoms with E-state index in [1.54, 1.807) is 56.5 Å². The van der Waals surface area contributed by atoms with Crippen LogP contribution in [0.4, 0.5) is 0 Å². The third-order valence-electron chi connectivity index (χ3n) is 11.9. The Morgan fingerprint density at radius 2 is 1.08 bits per heavy atom. The fourth-order valence-electron chi connectivity index (χ4n) is 8.98. The van der Waals surface area contributed by atoms with Crippen molar-refractivity contribution >= 4 is 27.9 Å². The second kappa shape index (κ2) is 21.8. The van der Waals surface area contributed by atoms with Crippen LogP contribution < -0.4 is 33.2 Å². The van der Waals surface area contributed by atoms with Gasteiger partial charge in [0.15, 0.2) is 52.6 Å². The van der Waals surface area contributed by atoms with Gasteiger partial charge in [0.1, 0.15) is 5.33 Å². The number of aromatic hydroxyl groups is 1. The molecule has 0 radical (unpaired) electrons. The van der Waals surface area contributed by atoms with Crippen molar-refractivity contribution < 1.29 is 57.3 Å². The Morgan fingerprint density at radius 3 is 1.52 bits per heavy atom. The summed E-state index contributed by atoms with van der Waals surface area (Å²) in [6.07, 6.45) is 3.61. The Balaban J connectivity index is 0.000000185. The first-order valence-corrected chi connectivity index (χ1v) is 22.2. The minimum absolute atomic E-state index is 0.131. The van der Waals surface area contributed by atoms with E-state index >= 15 is 0 Å². The lowest BCUT2D eigenvalue weighted by atomic mass is 9.83. The molecule has 0 saturated carbocycles. The molecule has 0 fully saturated rings.